The third-order valence-corrected chi connectivity index (χ3v) is 7.35. The van der Waals surface area contributed by atoms with Gasteiger partial charge in [-0.15, -0.1) is 5.10 Å². The molecule has 214 valence electrons. The van der Waals surface area contributed by atoms with Crippen LogP contribution in [0.4, 0.5) is 11.4 Å². The lowest BCUT2D eigenvalue weighted by Crippen LogP contribution is -2.32. The summed E-state index contributed by atoms with van der Waals surface area (Å²) < 4.78 is 33.6. The lowest BCUT2D eigenvalue weighted by atomic mass is 9.96. The van der Waals surface area contributed by atoms with Crippen LogP contribution >= 0.6 is 0 Å². The monoisotopic (exact) mass is 568 g/mol. The number of aryl methyl sites for hydroxylation is 1. The summed E-state index contributed by atoms with van der Waals surface area (Å²) >= 11 is 0. The average Bonchev–Trinajstić information content (AvgIpc) is 3.41. The molecule has 11 nitrogen and oxygen atoms in total. The molecule has 3 N–H and O–H groups in total. The van der Waals surface area contributed by atoms with Gasteiger partial charge in [0, 0.05) is 12.1 Å². The smallest absolute Gasteiger partial charge is 0.273 e. The SMILES string of the molecule is COc1c(NC(=O)c2ccc(C)c(-n3cc(C(=O)NCC(C)(C)C)nn3)c2)cc(C2(C)CC2)cc1NS(C)(=O)=O. The summed E-state index contributed by atoms with van der Waals surface area (Å²) in [6, 6.07) is 8.69. The van der Waals surface area contributed by atoms with Crippen LogP contribution in [0, 0.1) is 12.3 Å². The highest BCUT2D eigenvalue weighted by Crippen LogP contribution is 2.50. The number of ether oxygens (including phenoxy) is 1. The van der Waals surface area contributed by atoms with Crippen LogP contribution in [0.25, 0.3) is 5.69 Å². The zero-order chi connectivity index (χ0) is 29.5. The first-order valence-corrected chi connectivity index (χ1v) is 14.8. The lowest BCUT2D eigenvalue weighted by molar-refractivity contribution is 0.0933. The number of nitrogens with zero attached hydrogens (tertiary/aromatic N) is 3. The van der Waals surface area contributed by atoms with Gasteiger partial charge in [-0.25, -0.2) is 13.1 Å². The predicted molar refractivity (Wildman–Crippen MR) is 154 cm³/mol. The molecule has 0 aliphatic heterocycles. The molecule has 1 heterocycles. The van der Waals surface area contributed by atoms with Gasteiger partial charge in [-0.05, 0) is 66.0 Å². The first kappa shape index (κ1) is 29.1. The van der Waals surface area contributed by atoms with Gasteiger partial charge < -0.3 is 15.4 Å². The molecule has 0 spiro atoms. The highest BCUT2D eigenvalue weighted by molar-refractivity contribution is 7.92. The van der Waals surface area contributed by atoms with Crippen molar-refractivity contribution in [1.82, 2.24) is 20.3 Å². The number of carbonyl (C=O) groups excluding carboxylic acids is 2. The Labute approximate surface area is 234 Å². The topological polar surface area (TPSA) is 144 Å². The average molecular weight is 569 g/mol. The van der Waals surface area contributed by atoms with Crippen molar-refractivity contribution < 1.29 is 22.7 Å². The van der Waals surface area contributed by atoms with Gasteiger partial charge in [-0.1, -0.05) is 39.0 Å². The zero-order valence-electron chi connectivity index (χ0n) is 23.9. The maximum Gasteiger partial charge on any atom is 0.273 e. The van der Waals surface area contributed by atoms with E-state index in [4.69, 9.17) is 4.74 Å². The van der Waals surface area contributed by atoms with E-state index in [2.05, 4.69) is 32.6 Å². The molecule has 1 saturated carbocycles. The molecule has 1 aliphatic carbocycles. The molecule has 0 unspecified atom stereocenters. The largest absolute Gasteiger partial charge is 0.492 e. The Kier molecular flexibility index (Phi) is 7.68. The second kappa shape index (κ2) is 10.6. The number of sulfonamides is 1. The Morgan fingerprint density at radius 1 is 1.10 bits per heavy atom. The maximum absolute atomic E-state index is 13.4. The highest BCUT2D eigenvalue weighted by Gasteiger charge is 2.40. The number of amides is 2. The van der Waals surface area contributed by atoms with E-state index in [1.807, 2.05) is 33.8 Å². The van der Waals surface area contributed by atoms with Gasteiger partial charge >= 0.3 is 0 Å². The number of nitrogens with one attached hydrogen (secondary N) is 3. The zero-order valence-corrected chi connectivity index (χ0v) is 24.7. The van der Waals surface area contributed by atoms with Crippen LogP contribution in [-0.4, -0.2) is 55.1 Å². The van der Waals surface area contributed by atoms with Crippen LogP contribution in [0.2, 0.25) is 0 Å². The third kappa shape index (κ3) is 6.79. The number of carbonyl (C=O) groups is 2. The van der Waals surface area contributed by atoms with Gasteiger partial charge in [0.2, 0.25) is 10.0 Å². The van der Waals surface area contributed by atoms with E-state index in [9.17, 15) is 18.0 Å². The van der Waals surface area contributed by atoms with Crippen molar-refractivity contribution in [3.8, 4) is 11.4 Å². The lowest BCUT2D eigenvalue weighted by Gasteiger charge is -2.20. The second-order valence-corrected chi connectivity index (χ2v) is 13.5. The van der Waals surface area contributed by atoms with Gasteiger partial charge in [0.15, 0.2) is 11.4 Å². The predicted octanol–water partition coefficient (Wildman–Crippen LogP) is 4.04. The van der Waals surface area contributed by atoms with Crippen LogP contribution in [0.5, 0.6) is 5.75 Å². The summed E-state index contributed by atoms with van der Waals surface area (Å²) in [5.41, 5.74) is 3.24. The molecule has 40 heavy (non-hydrogen) atoms. The number of anilines is 2. The second-order valence-electron chi connectivity index (χ2n) is 11.8. The minimum Gasteiger partial charge on any atom is -0.492 e. The first-order valence-electron chi connectivity index (χ1n) is 12.9. The maximum atomic E-state index is 13.4. The van der Waals surface area contributed by atoms with E-state index in [0.29, 0.717) is 23.5 Å². The Hall–Kier alpha value is -3.93. The Balaban J connectivity index is 1.63. The molecular weight excluding hydrogens is 532 g/mol. The third-order valence-electron chi connectivity index (χ3n) is 6.76. The van der Waals surface area contributed by atoms with Crippen LogP contribution in [-0.2, 0) is 15.4 Å². The minimum absolute atomic E-state index is 0.0792. The van der Waals surface area contributed by atoms with Crippen molar-refractivity contribution in [2.24, 2.45) is 5.41 Å². The van der Waals surface area contributed by atoms with E-state index in [1.54, 1.807) is 24.3 Å². The molecule has 1 fully saturated rings. The van der Waals surface area contributed by atoms with Crippen molar-refractivity contribution in [2.45, 2.75) is 52.9 Å². The summed E-state index contributed by atoms with van der Waals surface area (Å²) in [5.74, 6) is -0.546. The number of hydrogen-bond donors (Lipinski definition) is 3. The van der Waals surface area contributed by atoms with Crippen molar-refractivity contribution in [3.63, 3.8) is 0 Å². The van der Waals surface area contributed by atoms with Gasteiger partial charge in [0.25, 0.3) is 11.8 Å². The normalized spacial score (nSPS) is 14.4. The summed E-state index contributed by atoms with van der Waals surface area (Å²) in [7, 11) is -2.17. The summed E-state index contributed by atoms with van der Waals surface area (Å²) in [6.07, 6.45) is 4.50. The van der Waals surface area contributed by atoms with Gasteiger partial charge in [-0.2, -0.15) is 0 Å². The summed E-state index contributed by atoms with van der Waals surface area (Å²) in [5, 5.41) is 13.8. The van der Waals surface area contributed by atoms with Gasteiger partial charge in [-0.3, -0.25) is 14.3 Å². The fraction of sp³-hybridized carbons (Fsp3) is 0.429. The molecule has 12 heteroatoms. The minimum atomic E-state index is -3.59. The number of rotatable bonds is 9. The Bertz CT molecular complexity index is 1570. The van der Waals surface area contributed by atoms with Crippen molar-refractivity contribution in [3.05, 3.63) is 58.9 Å². The number of aromatic nitrogens is 3. The van der Waals surface area contributed by atoms with Gasteiger partial charge in [0.1, 0.15) is 0 Å². The summed E-state index contributed by atoms with van der Waals surface area (Å²) in [4.78, 5) is 26.0. The quantitative estimate of drug-likeness (QED) is 0.353. The number of benzene rings is 2. The molecule has 0 atom stereocenters. The molecule has 2 aromatic carbocycles. The van der Waals surface area contributed by atoms with Crippen LogP contribution in [0.3, 0.4) is 0 Å². The first-order chi connectivity index (χ1) is 18.6. The van der Waals surface area contributed by atoms with E-state index >= 15 is 0 Å². The Morgan fingerprint density at radius 2 is 1.77 bits per heavy atom. The Morgan fingerprint density at radius 3 is 2.38 bits per heavy atom. The van der Waals surface area contributed by atoms with Crippen LogP contribution in [0.1, 0.15) is 72.5 Å². The molecule has 1 aromatic heterocycles. The van der Waals surface area contributed by atoms with Crippen LogP contribution < -0.4 is 20.1 Å². The van der Waals surface area contributed by atoms with Crippen molar-refractivity contribution >= 4 is 33.2 Å². The van der Waals surface area contributed by atoms with E-state index in [1.165, 1.54) is 18.0 Å². The molecule has 1 aliphatic rings. The molecule has 0 radical (unpaired) electrons. The molecule has 3 aromatic rings. The van der Waals surface area contributed by atoms with Crippen LogP contribution in [0.15, 0.2) is 36.5 Å². The number of hydrogen-bond acceptors (Lipinski definition) is 7. The molecule has 2 amide bonds. The fourth-order valence-electron chi connectivity index (χ4n) is 4.16. The van der Waals surface area contributed by atoms with Crippen molar-refractivity contribution in [2.75, 3.05) is 29.9 Å². The van der Waals surface area contributed by atoms with E-state index < -0.39 is 15.9 Å². The molecule has 0 bridgehead atoms. The molecular formula is C28H36N6O5S. The van der Waals surface area contributed by atoms with E-state index in [0.717, 1.165) is 30.2 Å². The number of methoxy groups -OCH3 is 1. The summed E-state index contributed by atoms with van der Waals surface area (Å²) in [6.45, 7) is 10.5. The highest BCUT2D eigenvalue weighted by atomic mass is 32.2. The standard InChI is InChI=1S/C28H36N6O5S/c1-17-8-9-18(12-23(17)34-15-22(31-33-34)26(36)29-16-27(2,3)4)25(35)30-20-13-19(28(5)10-11-28)14-21(24(20)39-6)32-40(7,37)38/h8-9,12-15,32H,10-11,16H2,1-7H3,(H,29,36)(H,30,35). The van der Waals surface area contributed by atoms with E-state index in [-0.39, 0.29) is 33.9 Å². The van der Waals surface area contributed by atoms with Crippen molar-refractivity contribution in [1.29, 1.82) is 0 Å². The fourth-order valence-corrected chi connectivity index (χ4v) is 4.71. The molecule has 4 rings (SSSR count). The van der Waals surface area contributed by atoms with Gasteiger partial charge in [0.05, 0.1) is 36.6 Å². The molecule has 0 saturated heterocycles.